The van der Waals surface area contributed by atoms with E-state index in [0.29, 0.717) is 72.5 Å². The van der Waals surface area contributed by atoms with E-state index in [1.165, 1.54) is 121 Å². The Morgan fingerprint density at radius 1 is 0.438 bits per heavy atom. The highest BCUT2D eigenvalue weighted by Crippen LogP contribution is 2.16. The molecular weight excluding hydrogens is 604 g/mol. The van der Waals surface area contributed by atoms with Crippen molar-refractivity contribution in [2.24, 2.45) is 0 Å². The van der Waals surface area contributed by atoms with Gasteiger partial charge in [-0.2, -0.15) is 0 Å². The first-order chi connectivity index (χ1) is 23.8. The van der Waals surface area contributed by atoms with Gasteiger partial charge in [-0.15, -0.1) is 0 Å². The van der Waals surface area contributed by atoms with Gasteiger partial charge in [0.2, 0.25) is 0 Å². The molecule has 0 fully saturated rings. The molecule has 0 aliphatic rings. The van der Waals surface area contributed by atoms with Crippen LogP contribution in [0.3, 0.4) is 0 Å². The molecule has 7 heteroatoms. The van der Waals surface area contributed by atoms with Gasteiger partial charge in [-0.1, -0.05) is 142 Å². The van der Waals surface area contributed by atoms with Crippen molar-refractivity contribution >= 4 is 5.97 Å². The molecule has 0 radical (unpaired) electrons. The van der Waals surface area contributed by atoms with Gasteiger partial charge in [0, 0.05) is 6.42 Å². The second-order valence-corrected chi connectivity index (χ2v) is 13.0. The summed E-state index contributed by atoms with van der Waals surface area (Å²) in [6, 6.07) is 8.46. The number of carbonyl (C=O) groups excluding carboxylic acids is 1. The Morgan fingerprint density at radius 2 is 0.812 bits per heavy atom. The third-order valence-corrected chi connectivity index (χ3v) is 8.58. The topological polar surface area (TPSA) is 72.5 Å². The van der Waals surface area contributed by atoms with Crippen LogP contribution >= 0.6 is 0 Å². The molecule has 0 aliphatic heterocycles. The lowest BCUT2D eigenvalue weighted by molar-refractivity contribution is -0.145. The van der Waals surface area contributed by atoms with Crippen molar-refractivity contribution < 1.29 is 33.2 Å². The zero-order valence-corrected chi connectivity index (χ0v) is 31.3. The van der Waals surface area contributed by atoms with Crippen LogP contribution < -0.4 is 4.74 Å². The Hall–Kier alpha value is -1.67. The summed E-state index contributed by atoms with van der Waals surface area (Å²) in [5.41, 5.74) is 1.38. The smallest absolute Gasteiger partial charge is 0.305 e. The Labute approximate surface area is 295 Å². The maximum absolute atomic E-state index is 11.9. The summed E-state index contributed by atoms with van der Waals surface area (Å²) in [5, 5.41) is 0. The third-order valence-electron chi connectivity index (χ3n) is 8.58. The molecule has 0 N–H and O–H groups in total. The Morgan fingerprint density at radius 3 is 1.27 bits per heavy atom. The number of carbonyl (C=O) groups is 1. The summed E-state index contributed by atoms with van der Waals surface area (Å²) >= 11 is 0. The number of rotatable bonds is 38. The van der Waals surface area contributed by atoms with Crippen LogP contribution in [0.5, 0.6) is 5.75 Å². The van der Waals surface area contributed by atoms with Crippen LogP contribution in [0.25, 0.3) is 0 Å². The van der Waals surface area contributed by atoms with Crippen molar-refractivity contribution in [2.45, 2.75) is 155 Å². The predicted octanol–water partition coefficient (Wildman–Crippen LogP) is 10.4. The van der Waals surface area contributed by atoms with Crippen molar-refractivity contribution in [3.05, 3.63) is 29.8 Å². The molecule has 1 rings (SSSR count). The third kappa shape index (κ3) is 31.6. The summed E-state index contributed by atoms with van der Waals surface area (Å²) in [5.74, 6) is 0.769. The SMILES string of the molecule is CCCCCCCCCCCCCCCC(=O)OCCOCCOCCOCCOCCOc1ccc(CCCCCCCCC)cc1. The Balaban J connectivity index is 1.75. The van der Waals surface area contributed by atoms with E-state index in [0.717, 1.165) is 25.0 Å². The normalized spacial score (nSPS) is 11.3. The van der Waals surface area contributed by atoms with Crippen molar-refractivity contribution in [3.8, 4) is 5.75 Å². The van der Waals surface area contributed by atoms with Crippen molar-refractivity contribution in [1.82, 2.24) is 0 Å². The highest BCUT2D eigenvalue weighted by atomic mass is 16.6. The van der Waals surface area contributed by atoms with Crippen molar-refractivity contribution in [2.75, 3.05) is 66.1 Å². The standard InChI is InChI=1S/C41H74O7/c1-3-5-7-9-11-12-13-14-15-16-18-20-22-24-41(42)48-38-36-46-34-32-44-30-29-43-31-33-45-35-37-47-40-27-25-39(26-28-40)23-21-19-17-10-8-6-4-2/h25-28H,3-24,29-38H2,1-2H3. The van der Waals surface area contributed by atoms with Crippen molar-refractivity contribution in [1.29, 1.82) is 0 Å². The first-order valence-electron chi connectivity index (χ1n) is 19.9. The van der Waals surface area contributed by atoms with Gasteiger partial charge in [-0.3, -0.25) is 4.79 Å². The maximum Gasteiger partial charge on any atom is 0.305 e. The summed E-state index contributed by atoms with van der Waals surface area (Å²) in [6.07, 6.45) is 28.0. The summed E-state index contributed by atoms with van der Waals surface area (Å²) in [7, 11) is 0. The fraction of sp³-hybridized carbons (Fsp3) is 0.829. The predicted molar refractivity (Wildman–Crippen MR) is 198 cm³/mol. The monoisotopic (exact) mass is 679 g/mol. The van der Waals surface area contributed by atoms with Crippen LogP contribution in [0.4, 0.5) is 0 Å². The van der Waals surface area contributed by atoms with Gasteiger partial charge < -0.3 is 28.4 Å². The van der Waals surface area contributed by atoms with Crippen LogP contribution in [0.2, 0.25) is 0 Å². The minimum Gasteiger partial charge on any atom is -0.491 e. The van der Waals surface area contributed by atoms with E-state index >= 15 is 0 Å². The number of unbranched alkanes of at least 4 members (excludes halogenated alkanes) is 18. The van der Waals surface area contributed by atoms with Crippen LogP contribution in [-0.2, 0) is 34.9 Å². The number of aryl methyl sites for hydroxylation is 1. The Bertz CT molecular complexity index is 786. The molecule has 0 amide bonds. The van der Waals surface area contributed by atoms with E-state index in [4.69, 9.17) is 28.4 Å². The maximum atomic E-state index is 11.9. The lowest BCUT2D eigenvalue weighted by Gasteiger charge is -2.09. The average Bonchev–Trinajstić information content (AvgIpc) is 3.10. The number of ether oxygens (including phenoxy) is 6. The van der Waals surface area contributed by atoms with Gasteiger partial charge in [-0.25, -0.2) is 0 Å². The zero-order chi connectivity index (χ0) is 34.4. The first-order valence-corrected chi connectivity index (χ1v) is 19.9. The fourth-order valence-corrected chi connectivity index (χ4v) is 5.59. The molecule has 0 unspecified atom stereocenters. The second-order valence-electron chi connectivity index (χ2n) is 13.0. The van der Waals surface area contributed by atoms with Gasteiger partial charge in [0.25, 0.3) is 0 Å². The zero-order valence-electron chi connectivity index (χ0n) is 31.3. The minimum atomic E-state index is -0.120. The number of esters is 1. The van der Waals surface area contributed by atoms with E-state index in [1.807, 2.05) is 0 Å². The molecule has 0 aliphatic carbocycles. The van der Waals surface area contributed by atoms with E-state index in [1.54, 1.807) is 0 Å². The lowest BCUT2D eigenvalue weighted by atomic mass is 10.0. The van der Waals surface area contributed by atoms with E-state index in [9.17, 15) is 4.79 Å². The van der Waals surface area contributed by atoms with Crippen LogP contribution in [0, 0.1) is 0 Å². The molecule has 0 spiro atoms. The molecule has 48 heavy (non-hydrogen) atoms. The van der Waals surface area contributed by atoms with Gasteiger partial charge in [-0.05, 0) is 37.0 Å². The molecule has 1 aromatic carbocycles. The molecule has 280 valence electrons. The highest BCUT2D eigenvalue weighted by Gasteiger charge is 2.03. The van der Waals surface area contributed by atoms with E-state index < -0.39 is 0 Å². The van der Waals surface area contributed by atoms with Gasteiger partial charge in [0.15, 0.2) is 0 Å². The molecular formula is C41H74O7. The van der Waals surface area contributed by atoms with Gasteiger partial charge >= 0.3 is 5.97 Å². The molecule has 0 atom stereocenters. The fourth-order valence-electron chi connectivity index (χ4n) is 5.59. The number of benzene rings is 1. The number of hydrogen-bond acceptors (Lipinski definition) is 7. The summed E-state index contributed by atoms with van der Waals surface area (Å²) in [4.78, 5) is 11.9. The van der Waals surface area contributed by atoms with E-state index in [-0.39, 0.29) is 5.97 Å². The summed E-state index contributed by atoms with van der Waals surface area (Å²) in [6.45, 7) is 9.34. The largest absolute Gasteiger partial charge is 0.491 e. The molecule has 0 saturated carbocycles. The first kappa shape index (κ1) is 44.4. The highest BCUT2D eigenvalue weighted by molar-refractivity contribution is 5.69. The molecule has 0 aromatic heterocycles. The lowest BCUT2D eigenvalue weighted by Crippen LogP contribution is -2.15. The number of hydrogen-bond donors (Lipinski definition) is 0. The quantitative estimate of drug-likeness (QED) is 0.0509. The van der Waals surface area contributed by atoms with Gasteiger partial charge in [0.1, 0.15) is 19.0 Å². The Kier molecular flexibility index (Phi) is 33.8. The average molecular weight is 679 g/mol. The van der Waals surface area contributed by atoms with E-state index in [2.05, 4.69) is 38.1 Å². The van der Waals surface area contributed by atoms with Crippen molar-refractivity contribution in [3.63, 3.8) is 0 Å². The molecule has 0 saturated heterocycles. The molecule has 0 bridgehead atoms. The minimum absolute atomic E-state index is 0.120. The second kappa shape index (κ2) is 36.6. The van der Waals surface area contributed by atoms with Crippen LogP contribution in [0.1, 0.15) is 154 Å². The molecule has 1 aromatic rings. The van der Waals surface area contributed by atoms with Crippen LogP contribution in [-0.4, -0.2) is 72.0 Å². The van der Waals surface area contributed by atoms with Crippen LogP contribution in [0.15, 0.2) is 24.3 Å². The molecule has 7 nitrogen and oxygen atoms in total. The molecule has 0 heterocycles. The van der Waals surface area contributed by atoms with Gasteiger partial charge in [0.05, 0.1) is 52.9 Å². The summed E-state index contributed by atoms with van der Waals surface area (Å²) < 4.78 is 33.2.